The number of amides is 1. The van der Waals surface area contributed by atoms with Gasteiger partial charge in [0.2, 0.25) is 0 Å². The van der Waals surface area contributed by atoms with Crippen molar-refractivity contribution in [2.45, 2.75) is 13.5 Å². The van der Waals surface area contributed by atoms with Crippen LogP contribution in [0.1, 0.15) is 22.8 Å². The van der Waals surface area contributed by atoms with Gasteiger partial charge < -0.3 is 10.6 Å². The molecule has 2 aromatic rings. The second-order valence-electron chi connectivity index (χ2n) is 4.69. The molecule has 2 rings (SSSR count). The van der Waals surface area contributed by atoms with Gasteiger partial charge in [-0.2, -0.15) is 0 Å². The summed E-state index contributed by atoms with van der Waals surface area (Å²) in [5, 5.41) is 0. The predicted octanol–water partition coefficient (Wildman–Crippen LogP) is 3.83. The molecule has 2 N–H and O–H groups in total. The van der Waals surface area contributed by atoms with Crippen LogP contribution in [0.25, 0.3) is 0 Å². The van der Waals surface area contributed by atoms with Crippen LogP contribution in [0.15, 0.2) is 46.9 Å². The maximum atomic E-state index is 13.9. The fraction of sp³-hybridized carbons (Fsp3) is 0.188. The van der Waals surface area contributed by atoms with Crippen molar-refractivity contribution in [3.8, 4) is 0 Å². The number of rotatable bonds is 4. The van der Waals surface area contributed by atoms with E-state index in [-0.39, 0.29) is 11.5 Å². The van der Waals surface area contributed by atoms with Crippen LogP contribution < -0.4 is 5.73 Å². The minimum atomic E-state index is -0.527. The molecule has 0 saturated carbocycles. The molecule has 110 valence electrons. The van der Waals surface area contributed by atoms with Crippen molar-refractivity contribution in [1.82, 2.24) is 4.90 Å². The summed E-state index contributed by atoms with van der Waals surface area (Å²) in [4.78, 5) is 14.0. The first-order valence-corrected chi connectivity index (χ1v) is 7.39. The Morgan fingerprint density at radius 1 is 1.29 bits per heavy atom. The fourth-order valence-electron chi connectivity index (χ4n) is 2.07. The van der Waals surface area contributed by atoms with Crippen LogP contribution in [-0.2, 0) is 6.54 Å². The number of nitrogens with two attached hydrogens (primary N) is 1. The zero-order valence-electron chi connectivity index (χ0n) is 11.6. The molecule has 2 aromatic carbocycles. The van der Waals surface area contributed by atoms with E-state index >= 15 is 0 Å². The smallest absolute Gasteiger partial charge is 0.257 e. The Bertz CT molecular complexity index is 660. The van der Waals surface area contributed by atoms with Crippen LogP contribution in [0.3, 0.4) is 0 Å². The molecule has 0 unspecified atom stereocenters. The van der Waals surface area contributed by atoms with Crippen molar-refractivity contribution in [2.75, 3.05) is 12.3 Å². The summed E-state index contributed by atoms with van der Waals surface area (Å²) in [7, 11) is 0. The van der Waals surface area contributed by atoms with E-state index in [0.29, 0.717) is 23.2 Å². The number of hydrogen-bond acceptors (Lipinski definition) is 2. The number of hydrogen-bond donors (Lipinski definition) is 1. The molecule has 0 aliphatic heterocycles. The highest BCUT2D eigenvalue weighted by Gasteiger charge is 2.18. The third kappa shape index (κ3) is 3.82. The first-order valence-electron chi connectivity index (χ1n) is 6.60. The summed E-state index contributed by atoms with van der Waals surface area (Å²) in [6, 6.07) is 11.8. The molecule has 0 fully saturated rings. The molecule has 0 spiro atoms. The Kier molecular flexibility index (Phi) is 4.96. The molecule has 5 heteroatoms. The maximum Gasteiger partial charge on any atom is 0.257 e. The zero-order valence-corrected chi connectivity index (χ0v) is 13.2. The Hall–Kier alpha value is -1.88. The van der Waals surface area contributed by atoms with Crippen LogP contribution in [0.4, 0.5) is 10.1 Å². The van der Waals surface area contributed by atoms with Gasteiger partial charge in [0, 0.05) is 23.2 Å². The van der Waals surface area contributed by atoms with E-state index < -0.39 is 5.82 Å². The standard InChI is InChI=1S/C16H16BrFN2O/c1-2-20(10-11-4-3-5-13(19)8-11)16(21)14-7-6-12(17)9-15(14)18/h3-9H,2,10,19H2,1H3. The van der Waals surface area contributed by atoms with E-state index in [2.05, 4.69) is 15.9 Å². The summed E-state index contributed by atoms with van der Waals surface area (Å²) in [5.74, 6) is -0.856. The third-order valence-electron chi connectivity index (χ3n) is 3.15. The van der Waals surface area contributed by atoms with Crippen LogP contribution in [0.2, 0.25) is 0 Å². The van der Waals surface area contributed by atoms with Gasteiger partial charge in [0.25, 0.3) is 5.91 Å². The molecule has 0 atom stereocenters. The summed E-state index contributed by atoms with van der Waals surface area (Å²) in [6.07, 6.45) is 0. The monoisotopic (exact) mass is 350 g/mol. The van der Waals surface area contributed by atoms with Gasteiger partial charge in [-0.15, -0.1) is 0 Å². The lowest BCUT2D eigenvalue weighted by atomic mass is 10.1. The van der Waals surface area contributed by atoms with Gasteiger partial charge in [-0.1, -0.05) is 28.1 Å². The van der Waals surface area contributed by atoms with E-state index in [1.807, 2.05) is 25.1 Å². The predicted molar refractivity (Wildman–Crippen MR) is 85.4 cm³/mol. The van der Waals surface area contributed by atoms with Crippen molar-refractivity contribution in [3.63, 3.8) is 0 Å². The number of nitrogens with zero attached hydrogens (tertiary/aromatic N) is 1. The molecule has 1 amide bonds. The number of nitrogen functional groups attached to an aromatic ring is 1. The Morgan fingerprint density at radius 3 is 2.67 bits per heavy atom. The lowest BCUT2D eigenvalue weighted by molar-refractivity contribution is 0.0748. The zero-order chi connectivity index (χ0) is 15.4. The van der Waals surface area contributed by atoms with Crippen LogP contribution in [0.5, 0.6) is 0 Å². The fourth-order valence-corrected chi connectivity index (χ4v) is 2.41. The van der Waals surface area contributed by atoms with E-state index in [1.165, 1.54) is 12.1 Å². The average Bonchev–Trinajstić information content (AvgIpc) is 2.44. The van der Waals surface area contributed by atoms with Gasteiger partial charge in [-0.05, 0) is 42.8 Å². The molecule has 0 saturated heterocycles. The topological polar surface area (TPSA) is 46.3 Å². The molecule has 0 heterocycles. The van der Waals surface area contributed by atoms with Crippen molar-refractivity contribution in [3.05, 3.63) is 63.9 Å². The van der Waals surface area contributed by atoms with E-state index in [0.717, 1.165) is 5.56 Å². The lowest BCUT2D eigenvalue weighted by Gasteiger charge is -2.21. The highest BCUT2D eigenvalue weighted by Crippen LogP contribution is 2.18. The Morgan fingerprint density at radius 2 is 2.05 bits per heavy atom. The molecule has 21 heavy (non-hydrogen) atoms. The summed E-state index contributed by atoms with van der Waals surface area (Å²) in [6.45, 7) is 2.75. The van der Waals surface area contributed by atoms with Gasteiger partial charge in [-0.25, -0.2) is 4.39 Å². The molecule has 0 aromatic heterocycles. The molecule has 0 aliphatic rings. The minimum absolute atomic E-state index is 0.0731. The van der Waals surface area contributed by atoms with E-state index in [1.54, 1.807) is 17.0 Å². The van der Waals surface area contributed by atoms with Crippen molar-refractivity contribution in [1.29, 1.82) is 0 Å². The van der Waals surface area contributed by atoms with Gasteiger partial charge in [-0.3, -0.25) is 4.79 Å². The second-order valence-corrected chi connectivity index (χ2v) is 5.60. The van der Waals surface area contributed by atoms with Gasteiger partial charge in [0.05, 0.1) is 5.56 Å². The van der Waals surface area contributed by atoms with Crippen LogP contribution in [0, 0.1) is 5.82 Å². The van der Waals surface area contributed by atoms with Crippen molar-refractivity contribution < 1.29 is 9.18 Å². The van der Waals surface area contributed by atoms with Gasteiger partial charge >= 0.3 is 0 Å². The van der Waals surface area contributed by atoms with Crippen LogP contribution in [-0.4, -0.2) is 17.4 Å². The van der Waals surface area contributed by atoms with E-state index in [9.17, 15) is 9.18 Å². The Balaban J connectivity index is 2.22. The number of carbonyl (C=O) groups excluding carboxylic acids is 1. The molecule has 0 bridgehead atoms. The SMILES string of the molecule is CCN(Cc1cccc(N)c1)C(=O)c1ccc(Br)cc1F. The highest BCUT2D eigenvalue weighted by atomic mass is 79.9. The average molecular weight is 351 g/mol. The van der Waals surface area contributed by atoms with Gasteiger partial charge in [0.15, 0.2) is 0 Å². The second kappa shape index (κ2) is 6.72. The van der Waals surface area contributed by atoms with Crippen molar-refractivity contribution >= 4 is 27.5 Å². The first kappa shape index (κ1) is 15.5. The normalized spacial score (nSPS) is 10.4. The molecular formula is C16H16BrFN2O. The number of anilines is 1. The van der Waals surface area contributed by atoms with Gasteiger partial charge in [0.1, 0.15) is 5.82 Å². The summed E-state index contributed by atoms with van der Waals surface area (Å²) in [5.41, 5.74) is 7.37. The summed E-state index contributed by atoms with van der Waals surface area (Å²) < 4.78 is 14.5. The molecular weight excluding hydrogens is 335 g/mol. The number of carbonyl (C=O) groups is 1. The number of halogens is 2. The molecule has 0 aliphatic carbocycles. The van der Waals surface area contributed by atoms with Crippen LogP contribution >= 0.6 is 15.9 Å². The quantitative estimate of drug-likeness (QED) is 0.851. The van der Waals surface area contributed by atoms with Crippen molar-refractivity contribution in [2.24, 2.45) is 0 Å². The third-order valence-corrected chi connectivity index (χ3v) is 3.65. The first-order chi connectivity index (χ1) is 10.0. The minimum Gasteiger partial charge on any atom is -0.399 e. The largest absolute Gasteiger partial charge is 0.399 e. The summed E-state index contributed by atoms with van der Waals surface area (Å²) >= 11 is 3.18. The maximum absolute atomic E-state index is 13.9. The highest BCUT2D eigenvalue weighted by molar-refractivity contribution is 9.10. The Labute approximate surface area is 131 Å². The van der Waals surface area contributed by atoms with E-state index in [4.69, 9.17) is 5.73 Å². The number of benzene rings is 2. The molecule has 3 nitrogen and oxygen atoms in total. The lowest BCUT2D eigenvalue weighted by Crippen LogP contribution is -2.31. The molecule has 0 radical (unpaired) electrons.